The molecule has 0 fully saturated rings. The van der Waals surface area contributed by atoms with Gasteiger partial charge < -0.3 is 16.0 Å². The van der Waals surface area contributed by atoms with Crippen molar-refractivity contribution in [3.8, 4) is 0 Å². The third-order valence-corrected chi connectivity index (χ3v) is 3.04. The highest BCUT2D eigenvalue weighted by Gasteiger charge is 2.06. The molecular weight excluding hydrogens is 302 g/mol. The van der Waals surface area contributed by atoms with E-state index in [1.165, 1.54) is 0 Å². The van der Waals surface area contributed by atoms with Gasteiger partial charge in [0.15, 0.2) is 0 Å². The topological polar surface area (TPSA) is 70.2 Å². The summed E-state index contributed by atoms with van der Waals surface area (Å²) in [5, 5.41) is 8.82. The molecule has 5 nitrogen and oxygen atoms in total. The molecule has 0 aliphatic carbocycles. The molecule has 2 amide bonds. The van der Waals surface area contributed by atoms with E-state index in [1.807, 2.05) is 44.2 Å². The van der Waals surface area contributed by atoms with E-state index in [0.29, 0.717) is 25.9 Å². The Balaban J connectivity index is 0.00000441. The number of rotatable bonds is 9. The summed E-state index contributed by atoms with van der Waals surface area (Å²) < 4.78 is 0. The fraction of sp³-hybridized carbons (Fsp3) is 0.500. The minimum absolute atomic E-state index is 0. The van der Waals surface area contributed by atoms with Crippen LogP contribution in [0.3, 0.4) is 0 Å². The van der Waals surface area contributed by atoms with Crippen molar-refractivity contribution in [2.75, 3.05) is 19.6 Å². The molecule has 0 aliphatic rings. The minimum Gasteiger partial charge on any atom is -0.355 e. The number of carbonyl (C=O) groups is 2. The lowest BCUT2D eigenvalue weighted by Gasteiger charge is -2.13. The lowest BCUT2D eigenvalue weighted by molar-refractivity contribution is -0.122. The van der Waals surface area contributed by atoms with E-state index in [4.69, 9.17) is 0 Å². The first-order valence-corrected chi connectivity index (χ1v) is 7.42. The third-order valence-electron chi connectivity index (χ3n) is 3.04. The average Bonchev–Trinajstić information content (AvgIpc) is 2.46. The Labute approximate surface area is 138 Å². The Morgan fingerprint density at radius 2 is 1.77 bits per heavy atom. The second kappa shape index (κ2) is 12.0. The lowest BCUT2D eigenvalue weighted by Crippen LogP contribution is -2.39. The first-order chi connectivity index (χ1) is 10.1. The van der Waals surface area contributed by atoms with Crippen LogP contribution in [0.25, 0.3) is 0 Å². The Morgan fingerprint density at radius 1 is 1.09 bits per heavy atom. The maximum Gasteiger partial charge on any atom is 0.224 e. The normalized spacial score (nSPS) is 11.2. The first-order valence-electron chi connectivity index (χ1n) is 7.42. The number of carbonyl (C=O) groups excluding carboxylic acids is 2. The van der Waals surface area contributed by atoms with Crippen molar-refractivity contribution < 1.29 is 9.59 Å². The van der Waals surface area contributed by atoms with E-state index in [2.05, 4.69) is 16.0 Å². The maximum atomic E-state index is 11.7. The molecule has 0 aliphatic heterocycles. The summed E-state index contributed by atoms with van der Waals surface area (Å²) in [6.07, 6.45) is 0.652. The quantitative estimate of drug-likeness (QED) is 0.640. The van der Waals surface area contributed by atoms with Gasteiger partial charge in [-0.1, -0.05) is 37.3 Å². The summed E-state index contributed by atoms with van der Waals surface area (Å²) in [6, 6.07) is 9.80. The monoisotopic (exact) mass is 327 g/mol. The Hall–Kier alpha value is -1.59. The van der Waals surface area contributed by atoms with Gasteiger partial charge in [0.1, 0.15) is 0 Å². The zero-order valence-corrected chi connectivity index (χ0v) is 14.0. The van der Waals surface area contributed by atoms with Crippen LogP contribution in [0, 0.1) is 0 Å². The van der Waals surface area contributed by atoms with Crippen LogP contribution in [0.1, 0.15) is 25.8 Å². The number of likely N-dealkylation sites (N-methyl/N-ethyl adjacent to an activating group) is 1. The molecule has 0 radical (unpaired) electrons. The van der Waals surface area contributed by atoms with E-state index < -0.39 is 0 Å². The molecule has 0 saturated carbocycles. The van der Waals surface area contributed by atoms with Gasteiger partial charge >= 0.3 is 0 Å². The summed E-state index contributed by atoms with van der Waals surface area (Å²) in [5.74, 6) is -0.102. The summed E-state index contributed by atoms with van der Waals surface area (Å²) in [7, 11) is 0. The number of halogens is 1. The van der Waals surface area contributed by atoms with Crippen LogP contribution >= 0.6 is 12.4 Å². The van der Waals surface area contributed by atoms with Crippen LogP contribution in [0.5, 0.6) is 0 Å². The van der Waals surface area contributed by atoms with Gasteiger partial charge in [0.05, 0.1) is 6.42 Å². The molecular formula is C16H26ClN3O2. The second-order valence-corrected chi connectivity index (χ2v) is 5.03. The molecule has 1 aromatic rings. The predicted octanol–water partition coefficient (Wildman–Crippen LogP) is 1.27. The van der Waals surface area contributed by atoms with Crippen molar-refractivity contribution in [2.45, 2.75) is 32.7 Å². The number of benzene rings is 1. The van der Waals surface area contributed by atoms with Gasteiger partial charge in [-0.2, -0.15) is 0 Å². The SMILES string of the molecule is CCN[C@H](C)CNC(=O)CCNC(=O)Cc1ccccc1.Cl. The zero-order chi connectivity index (χ0) is 15.5. The lowest BCUT2D eigenvalue weighted by atomic mass is 10.1. The first kappa shape index (κ1) is 20.4. The van der Waals surface area contributed by atoms with E-state index in [-0.39, 0.29) is 30.3 Å². The van der Waals surface area contributed by atoms with E-state index in [9.17, 15) is 9.59 Å². The summed E-state index contributed by atoms with van der Waals surface area (Å²) in [6.45, 7) is 5.90. The van der Waals surface area contributed by atoms with Gasteiger partial charge in [-0.05, 0) is 19.0 Å². The van der Waals surface area contributed by atoms with Gasteiger partial charge in [0.2, 0.25) is 11.8 Å². The molecule has 1 rings (SSSR count). The highest BCUT2D eigenvalue weighted by atomic mass is 35.5. The van der Waals surface area contributed by atoms with Gasteiger partial charge in [-0.15, -0.1) is 12.4 Å². The highest BCUT2D eigenvalue weighted by molar-refractivity contribution is 5.85. The molecule has 6 heteroatoms. The largest absolute Gasteiger partial charge is 0.355 e. The zero-order valence-electron chi connectivity index (χ0n) is 13.2. The van der Waals surface area contributed by atoms with Crippen LogP contribution in [0.4, 0.5) is 0 Å². The number of hydrogen-bond acceptors (Lipinski definition) is 3. The number of nitrogens with one attached hydrogen (secondary N) is 3. The molecule has 3 N–H and O–H groups in total. The second-order valence-electron chi connectivity index (χ2n) is 5.03. The molecule has 1 atom stereocenters. The molecule has 0 bridgehead atoms. The molecule has 124 valence electrons. The van der Waals surface area contributed by atoms with Crippen molar-refractivity contribution in [1.29, 1.82) is 0 Å². The fourth-order valence-corrected chi connectivity index (χ4v) is 1.94. The van der Waals surface area contributed by atoms with Gasteiger partial charge in [0, 0.05) is 25.6 Å². The summed E-state index contributed by atoms with van der Waals surface area (Å²) >= 11 is 0. The average molecular weight is 328 g/mol. The van der Waals surface area contributed by atoms with E-state index in [0.717, 1.165) is 12.1 Å². The van der Waals surface area contributed by atoms with Gasteiger partial charge in [-0.3, -0.25) is 9.59 Å². The van der Waals surface area contributed by atoms with E-state index in [1.54, 1.807) is 0 Å². The van der Waals surface area contributed by atoms with Crippen LogP contribution in [-0.2, 0) is 16.0 Å². The van der Waals surface area contributed by atoms with Crippen molar-refractivity contribution in [2.24, 2.45) is 0 Å². The van der Waals surface area contributed by atoms with Crippen LogP contribution in [0.2, 0.25) is 0 Å². The molecule has 22 heavy (non-hydrogen) atoms. The number of hydrogen-bond donors (Lipinski definition) is 3. The molecule has 1 aromatic carbocycles. The van der Waals surface area contributed by atoms with Crippen LogP contribution < -0.4 is 16.0 Å². The van der Waals surface area contributed by atoms with Gasteiger partial charge in [-0.25, -0.2) is 0 Å². The van der Waals surface area contributed by atoms with Gasteiger partial charge in [0.25, 0.3) is 0 Å². The third kappa shape index (κ3) is 9.37. The van der Waals surface area contributed by atoms with Crippen molar-refractivity contribution >= 4 is 24.2 Å². The smallest absolute Gasteiger partial charge is 0.224 e. The molecule has 0 aromatic heterocycles. The highest BCUT2D eigenvalue weighted by Crippen LogP contribution is 1.98. The predicted molar refractivity (Wildman–Crippen MR) is 91.2 cm³/mol. The fourth-order valence-electron chi connectivity index (χ4n) is 1.94. The van der Waals surface area contributed by atoms with Crippen LogP contribution in [0.15, 0.2) is 30.3 Å². The van der Waals surface area contributed by atoms with Crippen molar-refractivity contribution in [3.63, 3.8) is 0 Å². The summed E-state index contributed by atoms with van der Waals surface area (Å²) in [4.78, 5) is 23.3. The number of amides is 2. The molecule has 0 spiro atoms. The summed E-state index contributed by atoms with van der Waals surface area (Å²) in [5.41, 5.74) is 0.971. The molecule has 0 unspecified atom stereocenters. The molecule has 0 saturated heterocycles. The van der Waals surface area contributed by atoms with E-state index >= 15 is 0 Å². The Morgan fingerprint density at radius 3 is 2.41 bits per heavy atom. The maximum absolute atomic E-state index is 11.7. The minimum atomic E-state index is -0.0602. The Bertz CT molecular complexity index is 440. The standard InChI is InChI=1S/C16H25N3O2.ClH/c1-3-17-13(2)12-19-15(20)9-10-18-16(21)11-14-7-5-4-6-8-14;/h4-8,13,17H,3,9-12H2,1-2H3,(H,18,21)(H,19,20);1H/t13-;/m1./s1. The van der Waals surface area contributed by atoms with Crippen molar-refractivity contribution in [3.05, 3.63) is 35.9 Å². The van der Waals surface area contributed by atoms with Crippen molar-refractivity contribution in [1.82, 2.24) is 16.0 Å². The van der Waals surface area contributed by atoms with Crippen LogP contribution in [-0.4, -0.2) is 37.5 Å². The Kier molecular flexibility index (Phi) is 11.1. The molecule has 0 heterocycles.